The minimum absolute atomic E-state index is 0.585. The van der Waals surface area contributed by atoms with E-state index < -0.39 is 0 Å². The van der Waals surface area contributed by atoms with Crippen LogP contribution in [0.3, 0.4) is 0 Å². The van der Waals surface area contributed by atoms with E-state index in [4.69, 9.17) is 5.73 Å². The molecule has 0 aromatic carbocycles. The van der Waals surface area contributed by atoms with Gasteiger partial charge in [-0.3, -0.25) is 0 Å². The molecule has 2 aromatic rings. The highest BCUT2D eigenvalue weighted by Gasteiger charge is 2.07. The van der Waals surface area contributed by atoms with Crippen molar-refractivity contribution in [1.82, 2.24) is 15.0 Å². The van der Waals surface area contributed by atoms with Gasteiger partial charge in [-0.2, -0.15) is 0 Å². The molecule has 0 radical (unpaired) electrons. The number of nitrogens with two attached hydrogens (primary N) is 1. The van der Waals surface area contributed by atoms with Crippen molar-refractivity contribution < 1.29 is 0 Å². The summed E-state index contributed by atoms with van der Waals surface area (Å²) in [6.07, 6.45) is 1.73. The van der Waals surface area contributed by atoms with Crippen molar-refractivity contribution in [1.29, 1.82) is 0 Å². The largest absolute Gasteiger partial charge is 0.383 e. The molecule has 72 valence electrons. The zero-order valence-electron chi connectivity index (χ0n) is 7.98. The van der Waals surface area contributed by atoms with Crippen LogP contribution in [-0.2, 0) is 0 Å². The van der Waals surface area contributed by atoms with Crippen LogP contribution in [-0.4, -0.2) is 15.0 Å². The van der Waals surface area contributed by atoms with Gasteiger partial charge in [0.2, 0.25) is 0 Å². The van der Waals surface area contributed by atoms with E-state index in [2.05, 4.69) is 15.0 Å². The standard InChI is InChI=1S/C9H10N4S/c1-5-8(10)13-9(14-5)7-3-4-11-6(2)12-7/h3-4H,10H2,1-2H3. The number of hydrogen-bond acceptors (Lipinski definition) is 5. The van der Waals surface area contributed by atoms with Gasteiger partial charge in [0.05, 0.1) is 0 Å². The van der Waals surface area contributed by atoms with Gasteiger partial charge in [0.15, 0.2) is 0 Å². The molecule has 2 aromatic heterocycles. The molecule has 14 heavy (non-hydrogen) atoms. The predicted octanol–water partition coefficient (Wildman–Crippen LogP) is 1.80. The maximum Gasteiger partial charge on any atom is 0.144 e. The highest BCUT2D eigenvalue weighted by Crippen LogP contribution is 2.26. The minimum Gasteiger partial charge on any atom is -0.383 e. The quantitative estimate of drug-likeness (QED) is 0.772. The lowest BCUT2D eigenvalue weighted by atomic mass is 10.4. The first-order valence-electron chi connectivity index (χ1n) is 4.20. The van der Waals surface area contributed by atoms with Crippen molar-refractivity contribution in [3.63, 3.8) is 0 Å². The predicted molar refractivity (Wildman–Crippen MR) is 57.0 cm³/mol. The van der Waals surface area contributed by atoms with Crippen molar-refractivity contribution in [2.75, 3.05) is 5.73 Å². The van der Waals surface area contributed by atoms with Crippen LogP contribution in [0.2, 0.25) is 0 Å². The van der Waals surface area contributed by atoms with Gasteiger partial charge in [-0.05, 0) is 19.9 Å². The Bertz CT molecular complexity index is 444. The molecule has 0 aliphatic rings. The van der Waals surface area contributed by atoms with Crippen LogP contribution in [0.1, 0.15) is 10.7 Å². The molecule has 0 aliphatic carbocycles. The number of aryl methyl sites for hydroxylation is 2. The third kappa shape index (κ3) is 1.58. The molecule has 0 atom stereocenters. The summed E-state index contributed by atoms with van der Waals surface area (Å²) in [6, 6.07) is 1.84. The number of rotatable bonds is 1. The first-order valence-corrected chi connectivity index (χ1v) is 5.01. The van der Waals surface area contributed by atoms with E-state index in [0.29, 0.717) is 5.82 Å². The molecule has 0 unspecified atom stereocenters. The fourth-order valence-corrected chi connectivity index (χ4v) is 1.90. The van der Waals surface area contributed by atoms with Crippen LogP contribution in [0, 0.1) is 13.8 Å². The molecule has 0 amide bonds. The van der Waals surface area contributed by atoms with Gasteiger partial charge in [-0.1, -0.05) is 0 Å². The summed E-state index contributed by atoms with van der Waals surface area (Å²) in [4.78, 5) is 13.6. The van der Waals surface area contributed by atoms with E-state index >= 15 is 0 Å². The number of nitrogens with zero attached hydrogens (tertiary/aromatic N) is 3. The molecule has 0 spiro atoms. The maximum atomic E-state index is 5.67. The average Bonchev–Trinajstić information content (AvgIpc) is 2.47. The smallest absolute Gasteiger partial charge is 0.144 e. The molecule has 0 saturated carbocycles. The molecule has 2 rings (SSSR count). The van der Waals surface area contributed by atoms with Crippen molar-refractivity contribution in [2.45, 2.75) is 13.8 Å². The summed E-state index contributed by atoms with van der Waals surface area (Å²) in [5.41, 5.74) is 6.51. The second-order valence-corrected chi connectivity index (χ2v) is 4.15. The Labute approximate surface area is 85.9 Å². The third-order valence-electron chi connectivity index (χ3n) is 1.83. The summed E-state index contributed by atoms with van der Waals surface area (Å²) >= 11 is 1.55. The van der Waals surface area contributed by atoms with E-state index in [-0.39, 0.29) is 0 Å². The monoisotopic (exact) mass is 206 g/mol. The van der Waals surface area contributed by atoms with Gasteiger partial charge in [-0.25, -0.2) is 15.0 Å². The van der Waals surface area contributed by atoms with E-state index in [0.717, 1.165) is 21.4 Å². The highest BCUT2D eigenvalue weighted by molar-refractivity contribution is 7.15. The van der Waals surface area contributed by atoms with Crippen LogP contribution in [0.5, 0.6) is 0 Å². The molecule has 2 heterocycles. The van der Waals surface area contributed by atoms with Gasteiger partial charge in [0, 0.05) is 11.1 Å². The fourth-order valence-electron chi connectivity index (χ4n) is 1.09. The van der Waals surface area contributed by atoms with Crippen molar-refractivity contribution >= 4 is 17.2 Å². The lowest BCUT2D eigenvalue weighted by Gasteiger charge is -1.94. The van der Waals surface area contributed by atoms with E-state index in [9.17, 15) is 0 Å². The summed E-state index contributed by atoms with van der Waals surface area (Å²) in [5, 5.41) is 0.852. The normalized spacial score (nSPS) is 10.4. The van der Waals surface area contributed by atoms with Crippen LogP contribution >= 0.6 is 11.3 Å². The fraction of sp³-hybridized carbons (Fsp3) is 0.222. The first-order chi connectivity index (χ1) is 6.66. The Morgan fingerprint density at radius 2 is 2.07 bits per heavy atom. The van der Waals surface area contributed by atoms with Crippen LogP contribution < -0.4 is 5.73 Å². The van der Waals surface area contributed by atoms with Crippen molar-refractivity contribution in [3.8, 4) is 10.7 Å². The lowest BCUT2D eigenvalue weighted by molar-refractivity contribution is 1.06. The molecule has 0 saturated heterocycles. The molecule has 0 bridgehead atoms. The Kier molecular flexibility index (Phi) is 2.17. The topological polar surface area (TPSA) is 64.7 Å². The molecule has 5 heteroatoms. The maximum absolute atomic E-state index is 5.67. The number of hydrogen-bond donors (Lipinski definition) is 1. The van der Waals surface area contributed by atoms with Crippen molar-refractivity contribution in [3.05, 3.63) is 23.0 Å². The summed E-state index contributed by atoms with van der Waals surface area (Å²) < 4.78 is 0. The molecule has 2 N–H and O–H groups in total. The Morgan fingerprint density at radius 3 is 2.64 bits per heavy atom. The summed E-state index contributed by atoms with van der Waals surface area (Å²) in [6.45, 7) is 3.80. The molecule has 0 aliphatic heterocycles. The molecule has 4 nitrogen and oxygen atoms in total. The Balaban J connectivity index is 2.49. The van der Waals surface area contributed by atoms with Crippen LogP contribution in [0.4, 0.5) is 5.82 Å². The first kappa shape index (κ1) is 9.08. The van der Waals surface area contributed by atoms with Gasteiger partial charge in [0.1, 0.15) is 22.3 Å². The van der Waals surface area contributed by atoms with Gasteiger partial charge in [0.25, 0.3) is 0 Å². The minimum atomic E-state index is 0.585. The number of thiazole rings is 1. The van der Waals surface area contributed by atoms with E-state index in [1.807, 2.05) is 19.9 Å². The van der Waals surface area contributed by atoms with E-state index in [1.165, 1.54) is 0 Å². The number of nitrogen functional groups attached to an aromatic ring is 1. The SMILES string of the molecule is Cc1nccc(-c2nc(N)c(C)s2)n1. The number of anilines is 1. The van der Waals surface area contributed by atoms with Crippen LogP contribution in [0.15, 0.2) is 12.3 Å². The molecule has 0 fully saturated rings. The number of aromatic nitrogens is 3. The Morgan fingerprint density at radius 1 is 1.29 bits per heavy atom. The van der Waals surface area contributed by atoms with Gasteiger partial charge >= 0.3 is 0 Å². The Hall–Kier alpha value is -1.49. The molecular formula is C9H10N4S. The second kappa shape index (κ2) is 3.34. The zero-order chi connectivity index (χ0) is 10.1. The average molecular weight is 206 g/mol. The van der Waals surface area contributed by atoms with Crippen molar-refractivity contribution in [2.24, 2.45) is 0 Å². The summed E-state index contributed by atoms with van der Waals surface area (Å²) in [5.74, 6) is 1.33. The van der Waals surface area contributed by atoms with Gasteiger partial charge in [-0.15, -0.1) is 11.3 Å². The lowest BCUT2D eigenvalue weighted by Crippen LogP contribution is -1.90. The van der Waals surface area contributed by atoms with Gasteiger partial charge < -0.3 is 5.73 Å². The second-order valence-electron chi connectivity index (χ2n) is 2.95. The van der Waals surface area contributed by atoms with E-state index in [1.54, 1.807) is 17.5 Å². The highest BCUT2D eigenvalue weighted by atomic mass is 32.1. The zero-order valence-corrected chi connectivity index (χ0v) is 8.80. The van der Waals surface area contributed by atoms with Crippen LogP contribution in [0.25, 0.3) is 10.7 Å². The third-order valence-corrected chi connectivity index (χ3v) is 2.84. The molecular weight excluding hydrogens is 196 g/mol. The summed E-state index contributed by atoms with van der Waals surface area (Å²) in [7, 11) is 0.